The molecule has 0 saturated carbocycles. The van der Waals surface area contributed by atoms with Crippen LogP contribution in [-0.4, -0.2) is 30.7 Å². The molecule has 180 valence electrons. The third kappa shape index (κ3) is 4.34. The molecule has 1 aromatic heterocycles. The highest BCUT2D eigenvalue weighted by Gasteiger charge is 2.27. The molecule has 3 aromatic carbocycles. The third-order valence-corrected chi connectivity index (χ3v) is 6.32. The quantitative estimate of drug-likeness (QED) is 0.226. The monoisotopic (exact) mass is 499 g/mol. The predicted molar refractivity (Wildman–Crippen MR) is 123 cm³/mol. The Hall–Kier alpha value is -4.58. The van der Waals surface area contributed by atoms with Crippen molar-refractivity contribution in [3.8, 4) is 34.3 Å². The van der Waals surface area contributed by atoms with Gasteiger partial charge in [0.25, 0.3) is 0 Å². The Labute approximate surface area is 197 Å². The molecule has 0 radical (unpaired) electrons. The van der Waals surface area contributed by atoms with Gasteiger partial charge in [-0.25, -0.2) is 0 Å². The molecule has 0 unspecified atom stereocenters. The first-order valence-corrected chi connectivity index (χ1v) is 11.3. The maximum atomic E-state index is 12.8. The Bertz CT molecular complexity index is 1640. The molecule has 0 aliphatic carbocycles. The maximum absolute atomic E-state index is 12.8. The minimum absolute atomic E-state index is 0.0499. The molecule has 0 amide bonds. The number of hydrogen-bond acceptors (Lipinski definition) is 10. The van der Waals surface area contributed by atoms with E-state index in [4.69, 9.17) is 13.3 Å². The van der Waals surface area contributed by atoms with Crippen LogP contribution in [-0.2, 0) is 10.1 Å². The molecule has 0 aliphatic rings. The average Bonchev–Trinajstić information content (AvgIpc) is 2.78. The number of benzene rings is 3. The number of nitro groups is 1. The van der Waals surface area contributed by atoms with Crippen molar-refractivity contribution in [2.75, 3.05) is 7.11 Å². The largest absolute Gasteiger partial charge is 0.507 e. The second-order valence-corrected chi connectivity index (χ2v) is 8.96. The van der Waals surface area contributed by atoms with E-state index in [0.717, 1.165) is 11.6 Å². The summed E-state index contributed by atoms with van der Waals surface area (Å²) in [6.07, 6.45) is 0. The molecular weight excluding hydrogens is 482 g/mol. The lowest BCUT2D eigenvalue weighted by Gasteiger charge is -2.13. The average molecular weight is 499 g/mol. The fourth-order valence-electron chi connectivity index (χ4n) is 3.37. The van der Waals surface area contributed by atoms with Gasteiger partial charge in [0.1, 0.15) is 21.8 Å². The van der Waals surface area contributed by atoms with Gasteiger partial charge in [0.2, 0.25) is 11.3 Å². The predicted octanol–water partition coefficient (Wildman–Crippen LogP) is 3.86. The highest BCUT2D eigenvalue weighted by atomic mass is 32.2. The number of phenols is 2. The van der Waals surface area contributed by atoms with E-state index in [1.54, 1.807) is 19.1 Å². The summed E-state index contributed by atoms with van der Waals surface area (Å²) >= 11 is 0. The van der Waals surface area contributed by atoms with E-state index < -0.39 is 48.6 Å². The summed E-state index contributed by atoms with van der Waals surface area (Å²) in [5, 5.41) is 30.9. The van der Waals surface area contributed by atoms with Crippen LogP contribution in [0.15, 0.2) is 68.7 Å². The Kier molecular flexibility index (Phi) is 5.82. The van der Waals surface area contributed by atoms with Crippen LogP contribution in [0.3, 0.4) is 0 Å². The highest BCUT2D eigenvalue weighted by Crippen LogP contribution is 2.41. The zero-order valence-electron chi connectivity index (χ0n) is 18.2. The van der Waals surface area contributed by atoms with Crippen molar-refractivity contribution in [1.82, 2.24) is 0 Å². The van der Waals surface area contributed by atoms with Gasteiger partial charge in [-0.2, -0.15) is 8.42 Å². The Morgan fingerprint density at radius 3 is 2.29 bits per heavy atom. The van der Waals surface area contributed by atoms with Crippen molar-refractivity contribution < 1.29 is 36.9 Å². The van der Waals surface area contributed by atoms with Crippen molar-refractivity contribution >= 4 is 26.8 Å². The minimum atomic E-state index is -4.26. The maximum Gasteiger partial charge on any atom is 0.353 e. The number of ether oxygens (including phenoxy) is 1. The van der Waals surface area contributed by atoms with Gasteiger partial charge in [0, 0.05) is 17.7 Å². The van der Waals surface area contributed by atoms with Gasteiger partial charge in [-0.1, -0.05) is 17.7 Å². The number of hydrogen-bond donors (Lipinski definition) is 2. The highest BCUT2D eigenvalue weighted by molar-refractivity contribution is 7.87. The first-order chi connectivity index (χ1) is 16.5. The van der Waals surface area contributed by atoms with Crippen molar-refractivity contribution in [3.63, 3.8) is 0 Å². The summed E-state index contributed by atoms with van der Waals surface area (Å²) in [5.74, 6) is -2.00. The minimum Gasteiger partial charge on any atom is -0.507 e. The number of aryl methyl sites for hydroxylation is 1. The van der Waals surface area contributed by atoms with Crippen LogP contribution in [0.1, 0.15) is 5.56 Å². The summed E-state index contributed by atoms with van der Waals surface area (Å²) in [4.78, 5) is 23.0. The van der Waals surface area contributed by atoms with E-state index in [0.29, 0.717) is 6.07 Å². The number of methoxy groups -OCH3 is 1. The molecule has 1 heterocycles. The summed E-state index contributed by atoms with van der Waals surface area (Å²) in [7, 11) is -2.96. The van der Waals surface area contributed by atoms with E-state index in [9.17, 15) is 33.5 Å². The van der Waals surface area contributed by atoms with Crippen molar-refractivity contribution in [1.29, 1.82) is 0 Å². The number of rotatable bonds is 6. The van der Waals surface area contributed by atoms with E-state index in [1.165, 1.54) is 37.4 Å². The molecule has 35 heavy (non-hydrogen) atoms. The van der Waals surface area contributed by atoms with Crippen LogP contribution in [0.25, 0.3) is 22.3 Å². The van der Waals surface area contributed by atoms with Crippen LogP contribution in [0.2, 0.25) is 0 Å². The molecule has 4 aromatic rings. The van der Waals surface area contributed by atoms with Gasteiger partial charge >= 0.3 is 15.8 Å². The van der Waals surface area contributed by atoms with E-state index in [-0.39, 0.29) is 27.7 Å². The van der Waals surface area contributed by atoms with Crippen LogP contribution in [0, 0.1) is 17.0 Å². The topological polar surface area (TPSA) is 166 Å². The Morgan fingerprint density at radius 1 is 0.971 bits per heavy atom. The molecule has 12 heteroatoms. The van der Waals surface area contributed by atoms with Gasteiger partial charge in [-0.3, -0.25) is 14.9 Å². The Balaban J connectivity index is 1.87. The van der Waals surface area contributed by atoms with Crippen molar-refractivity contribution in [2.45, 2.75) is 11.8 Å². The molecule has 0 aliphatic heterocycles. The van der Waals surface area contributed by atoms with Crippen LogP contribution >= 0.6 is 0 Å². The molecule has 0 atom stereocenters. The van der Waals surface area contributed by atoms with E-state index in [1.807, 2.05) is 0 Å². The standard InChI is InChI=1S/C23H17NO10S/c1-12-3-6-14(7-4-12)35(30,31)34-20-9-13(5-8-18(20)32-2)19-11-16(26)21-15(25)10-17(27)22(24(28)29)23(21)33-19/h3-11,25,27H,1-2H3. The fraction of sp³-hybridized carbons (Fsp3) is 0.0870. The SMILES string of the molecule is COc1ccc(-c2cc(=O)c3c(O)cc(O)c([N+](=O)[O-])c3o2)cc1OS(=O)(=O)c1ccc(C)cc1. The molecule has 4 rings (SSSR count). The number of aromatic hydroxyl groups is 2. The second-order valence-electron chi connectivity index (χ2n) is 7.42. The molecule has 0 spiro atoms. The third-order valence-electron chi connectivity index (χ3n) is 5.07. The van der Waals surface area contributed by atoms with Gasteiger partial charge < -0.3 is 23.6 Å². The fourth-order valence-corrected chi connectivity index (χ4v) is 4.31. The summed E-state index contributed by atoms with van der Waals surface area (Å²) < 4.78 is 41.5. The van der Waals surface area contributed by atoms with Gasteiger partial charge in [0.15, 0.2) is 16.9 Å². The van der Waals surface area contributed by atoms with Crippen LogP contribution in [0.4, 0.5) is 5.69 Å². The summed E-state index contributed by atoms with van der Waals surface area (Å²) in [6, 6.07) is 11.6. The molecule has 0 bridgehead atoms. The lowest BCUT2D eigenvalue weighted by atomic mass is 10.1. The number of nitro benzene ring substituents is 1. The number of nitrogens with zero attached hydrogens (tertiary/aromatic N) is 1. The van der Waals surface area contributed by atoms with E-state index in [2.05, 4.69) is 0 Å². The molecule has 0 fully saturated rings. The van der Waals surface area contributed by atoms with Crippen molar-refractivity contribution in [3.05, 3.63) is 80.5 Å². The molecule has 0 saturated heterocycles. The van der Waals surface area contributed by atoms with Gasteiger partial charge in [0.05, 0.1) is 12.0 Å². The number of fused-ring (bicyclic) bond motifs is 1. The summed E-state index contributed by atoms with van der Waals surface area (Å²) in [6.45, 7) is 1.80. The van der Waals surface area contributed by atoms with Crippen LogP contribution < -0.4 is 14.3 Å². The Morgan fingerprint density at radius 2 is 1.66 bits per heavy atom. The van der Waals surface area contributed by atoms with E-state index >= 15 is 0 Å². The smallest absolute Gasteiger partial charge is 0.353 e. The molecular formula is C23H17NO10S. The molecule has 2 N–H and O–H groups in total. The van der Waals surface area contributed by atoms with Crippen molar-refractivity contribution in [2.24, 2.45) is 0 Å². The number of phenolic OH excluding ortho intramolecular Hbond substituents is 2. The van der Waals surface area contributed by atoms with Crippen LogP contribution in [0.5, 0.6) is 23.0 Å². The second kappa shape index (κ2) is 8.65. The summed E-state index contributed by atoms with van der Waals surface area (Å²) in [5.41, 5.74) is -1.44. The van der Waals surface area contributed by atoms with Gasteiger partial charge in [-0.15, -0.1) is 0 Å². The first kappa shape index (κ1) is 23.6. The molecule has 11 nitrogen and oxygen atoms in total. The normalized spacial score (nSPS) is 11.4. The van der Waals surface area contributed by atoms with Gasteiger partial charge in [-0.05, 0) is 37.3 Å². The first-order valence-electron chi connectivity index (χ1n) is 9.88. The lowest BCUT2D eigenvalue weighted by Crippen LogP contribution is -2.10. The zero-order chi connectivity index (χ0) is 25.5. The zero-order valence-corrected chi connectivity index (χ0v) is 19.0. The lowest BCUT2D eigenvalue weighted by molar-refractivity contribution is -0.384.